The normalized spacial score (nSPS) is 17.1. The Hall–Kier alpha value is -0.610. The maximum absolute atomic E-state index is 9.44. The van der Waals surface area contributed by atoms with E-state index in [9.17, 15) is 5.11 Å². The van der Waals surface area contributed by atoms with Crippen LogP contribution in [-0.2, 0) is 6.61 Å². The summed E-state index contributed by atoms with van der Waals surface area (Å²) in [5.74, 6) is 1.21. The molecule has 1 aromatic rings. The molecule has 1 aliphatic carbocycles. The smallest absolute Gasteiger partial charge is 0.185 e. The van der Waals surface area contributed by atoms with Gasteiger partial charge in [0, 0.05) is 13.6 Å². The van der Waals surface area contributed by atoms with Gasteiger partial charge in [0.2, 0.25) is 0 Å². The molecule has 0 atom stereocenters. The summed E-state index contributed by atoms with van der Waals surface area (Å²) >= 11 is 1.65. The summed E-state index contributed by atoms with van der Waals surface area (Å²) in [5, 5.41) is 10.5. The SMILES string of the molecule is CC(C)c1nc(N(C)CC2CCCCC2)sc1CO. The Balaban J connectivity index is 2.03. The first-order chi connectivity index (χ1) is 9.11. The highest BCUT2D eigenvalue weighted by Crippen LogP contribution is 2.32. The van der Waals surface area contributed by atoms with Crippen LogP contribution in [0.15, 0.2) is 0 Å². The predicted molar refractivity (Wildman–Crippen MR) is 82.0 cm³/mol. The summed E-state index contributed by atoms with van der Waals surface area (Å²) in [5.41, 5.74) is 1.07. The maximum atomic E-state index is 9.44. The van der Waals surface area contributed by atoms with Crippen molar-refractivity contribution in [1.82, 2.24) is 4.98 Å². The van der Waals surface area contributed by atoms with Gasteiger partial charge in [-0.25, -0.2) is 4.98 Å². The molecule has 0 aromatic carbocycles. The molecule has 1 fully saturated rings. The van der Waals surface area contributed by atoms with E-state index in [2.05, 4.69) is 25.8 Å². The van der Waals surface area contributed by atoms with Gasteiger partial charge in [-0.05, 0) is 24.7 Å². The Morgan fingerprint density at radius 1 is 1.32 bits per heavy atom. The van der Waals surface area contributed by atoms with Crippen molar-refractivity contribution in [3.05, 3.63) is 10.6 Å². The Labute approximate surface area is 120 Å². The van der Waals surface area contributed by atoms with Crippen LogP contribution in [0.4, 0.5) is 5.13 Å². The molecule has 0 saturated heterocycles. The van der Waals surface area contributed by atoms with Crippen molar-refractivity contribution in [3.63, 3.8) is 0 Å². The lowest BCUT2D eigenvalue weighted by Crippen LogP contribution is -2.26. The monoisotopic (exact) mass is 282 g/mol. The molecule has 4 heteroatoms. The van der Waals surface area contributed by atoms with Gasteiger partial charge in [0.1, 0.15) is 0 Å². The number of rotatable bonds is 5. The number of anilines is 1. The van der Waals surface area contributed by atoms with E-state index in [1.165, 1.54) is 32.1 Å². The van der Waals surface area contributed by atoms with Crippen LogP contribution in [-0.4, -0.2) is 23.7 Å². The Kier molecular flexibility index (Phi) is 5.22. The van der Waals surface area contributed by atoms with Gasteiger partial charge < -0.3 is 10.0 Å². The van der Waals surface area contributed by atoms with Crippen LogP contribution < -0.4 is 4.90 Å². The fourth-order valence-corrected chi connectivity index (χ4v) is 3.96. The van der Waals surface area contributed by atoms with Gasteiger partial charge in [0.15, 0.2) is 5.13 Å². The second-order valence-corrected chi connectivity index (χ2v) is 7.06. The largest absolute Gasteiger partial charge is 0.391 e. The van der Waals surface area contributed by atoms with Gasteiger partial charge in [0.25, 0.3) is 0 Å². The average Bonchev–Trinajstić information content (AvgIpc) is 2.84. The van der Waals surface area contributed by atoms with Crippen molar-refractivity contribution < 1.29 is 5.11 Å². The molecule has 3 nitrogen and oxygen atoms in total. The number of hydrogen-bond donors (Lipinski definition) is 1. The molecule has 0 aliphatic heterocycles. The molecule has 0 amide bonds. The van der Waals surface area contributed by atoms with Gasteiger partial charge >= 0.3 is 0 Å². The van der Waals surface area contributed by atoms with E-state index >= 15 is 0 Å². The van der Waals surface area contributed by atoms with Crippen LogP contribution in [0.5, 0.6) is 0 Å². The molecule has 0 bridgehead atoms. The molecule has 1 heterocycles. The van der Waals surface area contributed by atoms with Crippen molar-refractivity contribution in [2.75, 3.05) is 18.5 Å². The zero-order valence-corrected chi connectivity index (χ0v) is 13.2. The van der Waals surface area contributed by atoms with Gasteiger partial charge in [-0.15, -0.1) is 0 Å². The van der Waals surface area contributed by atoms with Crippen molar-refractivity contribution >= 4 is 16.5 Å². The number of aromatic nitrogens is 1. The van der Waals surface area contributed by atoms with Crippen LogP contribution in [0, 0.1) is 5.92 Å². The first-order valence-electron chi connectivity index (χ1n) is 7.43. The summed E-state index contributed by atoms with van der Waals surface area (Å²) in [6.07, 6.45) is 6.90. The lowest BCUT2D eigenvalue weighted by Gasteiger charge is -2.26. The van der Waals surface area contributed by atoms with Crippen LogP contribution in [0.2, 0.25) is 0 Å². The molecular formula is C15H26N2OS. The maximum Gasteiger partial charge on any atom is 0.185 e. The number of nitrogens with zero attached hydrogens (tertiary/aromatic N) is 2. The van der Waals surface area contributed by atoms with Gasteiger partial charge in [-0.2, -0.15) is 0 Å². The minimum atomic E-state index is 0.114. The highest BCUT2D eigenvalue weighted by Gasteiger charge is 2.19. The molecule has 1 aromatic heterocycles. The molecule has 19 heavy (non-hydrogen) atoms. The number of thiazole rings is 1. The highest BCUT2D eigenvalue weighted by molar-refractivity contribution is 7.15. The van der Waals surface area contributed by atoms with Gasteiger partial charge in [-0.1, -0.05) is 44.4 Å². The topological polar surface area (TPSA) is 36.4 Å². The second kappa shape index (κ2) is 6.71. The van der Waals surface area contributed by atoms with Crippen molar-refractivity contribution in [3.8, 4) is 0 Å². The quantitative estimate of drug-likeness (QED) is 0.893. The number of aliphatic hydroxyl groups is 1. The molecular weight excluding hydrogens is 256 g/mol. The minimum Gasteiger partial charge on any atom is -0.391 e. The van der Waals surface area contributed by atoms with E-state index in [1.54, 1.807) is 11.3 Å². The summed E-state index contributed by atoms with van der Waals surface area (Å²) < 4.78 is 0. The summed E-state index contributed by atoms with van der Waals surface area (Å²) in [6.45, 7) is 5.50. The third-order valence-electron chi connectivity index (χ3n) is 3.99. The lowest BCUT2D eigenvalue weighted by molar-refractivity contribution is 0.283. The molecule has 1 N–H and O–H groups in total. The standard InChI is InChI=1S/C15H26N2OS/c1-11(2)14-13(10-18)19-15(16-14)17(3)9-12-7-5-4-6-8-12/h11-12,18H,4-10H2,1-3H3. The fourth-order valence-electron chi connectivity index (χ4n) is 2.91. The van der Waals surface area contributed by atoms with Crippen LogP contribution in [0.25, 0.3) is 0 Å². The van der Waals surface area contributed by atoms with E-state index in [-0.39, 0.29) is 6.61 Å². The average molecular weight is 282 g/mol. The van der Waals surface area contributed by atoms with Gasteiger partial charge in [0.05, 0.1) is 17.2 Å². The molecule has 1 saturated carbocycles. The summed E-state index contributed by atoms with van der Waals surface area (Å²) in [6, 6.07) is 0. The highest BCUT2D eigenvalue weighted by atomic mass is 32.1. The number of aliphatic hydroxyl groups excluding tert-OH is 1. The Morgan fingerprint density at radius 3 is 2.53 bits per heavy atom. The third-order valence-corrected chi connectivity index (χ3v) is 5.16. The van der Waals surface area contributed by atoms with Crippen molar-refractivity contribution in [2.45, 2.75) is 58.5 Å². The second-order valence-electron chi connectivity index (χ2n) is 6.00. The number of hydrogen-bond acceptors (Lipinski definition) is 4. The summed E-state index contributed by atoms with van der Waals surface area (Å²) in [4.78, 5) is 8.04. The molecule has 108 valence electrons. The zero-order chi connectivity index (χ0) is 13.8. The van der Waals surface area contributed by atoms with Crippen LogP contribution >= 0.6 is 11.3 Å². The minimum absolute atomic E-state index is 0.114. The third kappa shape index (κ3) is 3.69. The molecule has 2 rings (SSSR count). The first kappa shape index (κ1) is 14.8. The van der Waals surface area contributed by atoms with E-state index in [4.69, 9.17) is 4.98 Å². The molecule has 0 radical (unpaired) electrons. The van der Waals surface area contributed by atoms with Crippen LogP contribution in [0.3, 0.4) is 0 Å². The van der Waals surface area contributed by atoms with Crippen molar-refractivity contribution in [1.29, 1.82) is 0 Å². The van der Waals surface area contributed by atoms with E-state index in [1.807, 2.05) is 0 Å². The van der Waals surface area contributed by atoms with Crippen molar-refractivity contribution in [2.24, 2.45) is 5.92 Å². The predicted octanol–water partition coefficient (Wildman–Crippen LogP) is 3.78. The first-order valence-corrected chi connectivity index (χ1v) is 8.25. The van der Waals surface area contributed by atoms with E-state index in [0.717, 1.165) is 28.2 Å². The van der Waals surface area contributed by atoms with Crippen LogP contribution in [0.1, 0.15) is 62.4 Å². The Bertz CT molecular complexity index is 397. The lowest BCUT2D eigenvalue weighted by atomic mass is 9.89. The Morgan fingerprint density at radius 2 is 2.00 bits per heavy atom. The molecule has 0 spiro atoms. The van der Waals surface area contributed by atoms with E-state index < -0.39 is 0 Å². The summed E-state index contributed by atoms with van der Waals surface area (Å²) in [7, 11) is 2.14. The van der Waals surface area contributed by atoms with E-state index in [0.29, 0.717) is 5.92 Å². The molecule has 0 unspecified atom stereocenters. The zero-order valence-electron chi connectivity index (χ0n) is 12.4. The molecule has 1 aliphatic rings. The van der Waals surface area contributed by atoms with Gasteiger partial charge in [-0.3, -0.25) is 0 Å². The fraction of sp³-hybridized carbons (Fsp3) is 0.800.